The van der Waals surface area contributed by atoms with Crippen LogP contribution in [-0.4, -0.2) is 9.55 Å². The van der Waals surface area contributed by atoms with Gasteiger partial charge in [0.2, 0.25) is 0 Å². The van der Waals surface area contributed by atoms with E-state index >= 15 is 0 Å². The molecule has 0 amide bonds. The van der Waals surface area contributed by atoms with Crippen LogP contribution >= 0.6 is 0 Å². The molecule has 2 heterocycles. The number of rotatable bonds is 3. The third-order valence-corrected chi connectivity index (χ3v) is 9.10. The maximum absolute atomic E-state index is 14.6. The molecule has 3 atom stereocenters. The van der Waals surface area contributed by atoms with Gasteiger partial charge < -0.3 is 4.74 Å². The molecule has 5 aromatic rings. The Kier molecular flexibility index (Phi) is 5.24. The van der Waals surface area contributed by atoms with Crippen LogP contribution in [0.3, 0.4) is 0 Å². The number of hydrogen-bond donors (Lipinski definition) is 0. The van der Waals surface area contributed by atoms with Crippen LogP contribution in [0.2, 0.25) is 0 Å². The summed E-state index contributed by atoms with van der Waals surface area (Å²) in [5.41, 5.74) is 7.44. The summed E-state index contributed by atoms with van der Waals surface area (Å²) in [6, 6.07) is 33.3. The standard InChI is InChI=1S/C36H32N2O2/c1-22-16-18-27(19-17-22)36-31(25-12-8-6-9-13-25)29-32(35(36,4)30-24(3)20-23(2)21-28(30)40-36)37-33(38(5)34(29)39)26-14-10-7-11-15-26/h6-21,31H,1-5H3/t31-,35-,36+/m1/s1. The molecule has 0 N–H and O–H groups in total. The van der Waals surface area contributed by atoms with E-state index in [-0.39, 0.29) is 11.5 Å². The third kappa shape index (κ3) is 3.08. The highest BCUT2D eigenvalue weighted by Crippen LogP contribution is 2.69. The van der Waals surface area contributed by atoms with Crippen molar-refractivity contribution in [3.63, 3.8) is 0 Å². The van der Waals surface area contributed by atoms with E-state index < -0.39 is 11.0 Å². The summed E-state index contributed by atoms with van der Waals surface area (Å²) < 4.78 is 9.02. The van der Waals surface area contributed by atoms with Crippen molar-refractivity contribution < 1.29 is 4.74 Å². The maximum atomic E-state index is 14.6. The number of aromatic nitrogens is 2. The molecule has 198 valence electrons. The Bertz CT molecular complexity index is 1840. The van der Waals surface area contributed by atoms with Gasteiger partial charge in [0.15, 0.2) is 5.60 Å². The molecule has 4 heteroatoms. The topological polar surface area (TPSA) is 44.1 Å². The average molecular weight is 525 g/mol. The van der Waals surface area contributed by atoms with E-state index in [2.05, 4.69) is 76.2 Å². The minimum absolute atomic E-state index is 0.0327. The first-order chi connectivity index (χ1) is 19.3. The van der Waals surface area contributed by atoms with Gasteiger partial charge in [-0.15, -0.1) is 0 Å². The molecule has 4 nitrogen and oxygen atoms in total. The van der Waals surface area contributed by atoms with Crippen molar-refractivity contribution in [3.8, 4) is 17.1 Å². The minimum atomic E-state index is -0.903. The lowest BCUT2D eigenvalue weighted by atomic mass is 9.63. The van der Waals surface area contributed by atoms with Crippen LogP contribution in [-0.2, 0) is 18.1 Å². The van der Waals surface area contributed by atoms with Gasteiger partial charge in [0.05, 0.1) is 22.6 Å². The fourth-order valence-electron chi connectivity index (χ4n) is 7.42. The fourth-order valence-corrected chi connectivity index (χ4v) is 7.42. The molecule has 1 aliphatic carbocycles. The van der Waals surface area contributed by atoms with Gasteiger partial charge in [-0.3, -0.25) is 9.36 Å². The molecular weight excluding hydrogens is 492 g/mol. The van der Waals surface area contributed by atoms with Crippen LogP contribution in [0.4, 0.5) is 0 Å². The SMILES string of the molecule is Cc1ccc([C@@]23Oc4cc(C)cc(C)c4[C@]2(C)c2nc(-c4ccccc4)n(C)c(=O)c2[C@H]3c2ccccc2)cc1. The highest BCUT2D eigenvalue weighted by Gasteiger charge is 2.71. The second-order valence-electron chi connectivity index (χ2n) is 11.6. The van der Waals surface area contributed by atoms with E-state index in [1.165, 1.54) is 5.56 Å². The van der Waals surface area contributed by atoms with Crippen molar-refractivity contribution >= 4 is 0 Å². The van der Waals surface area contributed by atoms with E-state index in [0.29, 0.717) is 11.4 Å². The summed E-state index contributed by atoms with van der Waals surface area (Å²) in [5, 5.41) is 0. The predicted molar refractivity (Wildman–Crippen MR) is 159 cm³/mol. The second-order valence-corrected chi connectivity index (χ2v) is 11.6. The number of fused-ring (bicyclic) bond motifs is 5. The fraction of sp³-hybridized carbons (Fsp3) is 0.222. The molecule has 2 aliphatic rings. The van der Waals surface area contributed by atoms with E-state index in [4.69, 9.17) is 9.72 Å². The number of ether oxygens (including phenoxy) is 1. The van der Waals surface area contributed by atoms with Gasteiger partial charge in [-0.2, -0.15) is 0 Å². The minimum Gasteiger partial charge on any atom is -0.480 e. The lowest BCUT2D eigenvalue weighted by Crippen LogP contribution is -2.48. The van der Waals surface area contributed by atoms with Gasteiger partial charge in [0, 0.05) is 18.2 Å². The van der Waals surface area contributed by atoms with Gasteiger partial charge in [0.1, 0.15) is 11.6 Å². The Morgan fingerprint density at radius 3 is 2.15 bits per heavy atom. The summed E-state index contributed by atoms with van der Waals surface area (Å²) in [5.74, 6) is 1.17. The van der Waals surface area contributed by atoms with Crippen molar-refractivity contribution in [1.29, 1.82) is 0 Å². The van der Waals surface area contributed by atoms with Gasteiger partial charge in [-0.25, -0.2) is 4.98 Å². The first kappa shape index (κ1) is 24.6. The number of hydrogen-bond acceptors (Lipinski definition) is 3. The summed E-state index contributed by atoms with van der Waals surface area (Å²) in [6.45, 7) is 8.60. The van der Waals surface area contributed by atoms with E-state index in [9.17, 15) is 4.79 Å². The molecule has 0 radical (unpaired) electrons. The molecule has 7 rings (SSSR count). The number of aryl methyl sites for hydroxylation is 3. The van der Waals surface area contributed by atoms with E-state index in [1.807, 2.05) is 55.6 Å². The largest absolute Gasteiger partial charge is 0.480 e. The van der Waals surface area contributed by atoms with Crippen LogP contribution in [0.15, 0.2) is 102 Å². The van der Waals surface area contributed by atoms with Crippen LogP contribution in [0.25, 0.3) is 11.4 Å². The van der Waals surface area contributed by atoms with Crippen LogP contribution in [0.1, 0.15) is 57.5 Å². The van der Waals surface area contributed by atoms with Crippen LogP contribution in [0, 0.1) is 20.8 Å². The van der Waals surface area contributed by atoms with Crippen LogP contribution in [0.5, 0.6) is 5.75 Å². The quantitative estimate of drug-likeness (QED) is 0.253. The molecule has 0 saturated carbocycles. The molecule has 1 aliphatic heterocycles. The lowest BCUT2D eigenvalue weighted by Gasteiger charge is -2.41. The molecule has 0 fully saturated rings. The molecular formula is C36H32N2O2. The third-order valence-electron chi connectivity index (χ3n) is 9.10. The smallest absolute Gasteiger partial charge is 0.257 e. The van der Waals surface area contributed by atoms with Crippen molar-refractivity contribution in [2.45, 2.75) is 44.6 Å². The highest BCUT2D eigenvalue weighted by molar-refractivity contribution is 5.69. The van der Waals surface area contributed by atoms with Crippen molar-refractivity contribution in [1.82, 2.24) is 9.55 Å². The second kappa shape index (κ2) is 8.53. The number of nitrogens with zero attached hydrogens (tertiary/aromatic N) is 2. The van der Waals surface area contributed by atoms with E-state index in [0.717, 1.165) is 44.8 Å². The summed E-state index contributed by atoms with van der Waals surface area (Å²) in [4.78, 5) is 20.0. The Labute approximate surface area is 234 Å². The first-order valence-corrected chi connectivity index (χ1v) is 13.9. The van der Waals surface area contributed by atoms with Gasteiger partial charge in [-0.05, 0) is 56.0 Å². The van der Waals surface area contributed by atoms with Crippen LogP contribution < -0.4 is 10.3 Å². The predicted octanol–water partition coefficient (Wildman–Crippen LogP) is 7.11. The monoisotopic (exact) mass is 524 g/mol. The normalized spacial score (nSPS) is 22.4. The van der Waals surface area contributed by atoms with Crippen molar-refractivity contribution in [3.05, 3.63) is 152 Å². The Balaban J connectivity index is 1.67. The molecule has 1 aromatic heterocycles. The Morgan fingerprint density at radius 1 is 0.825 bits per heavy atom. The molecule has 40 heavy (non-hydrogen) atoms. The summed E-state index contributed by atoms with van der Waals surface area (Å²) in [6.07, 6.45) is 0. The van der Waals surface area contributed by atoms with Crippen molar-refractivity contribution in [2.75, 3.05) is 0 Å². The summed E-state index contributed by atoms with van der Waals surface area (Å²) >= 11 is 0. The zero-order valence-corrected chi connectivity index (χ0v) is 23.5. The molecule has 0 unspecified atom stereocenters. The lowest BCUT2D eigenvalue weighted by molar-refractivity contribution is 0.0341. The van der Waals surface area contributed by atoms with Gasteiger partial charge in [0.25, 0.3) is 5.56 Å². The zero-order valence-electron chi connectivity index (χ0n) is 23.5. The molecule has 0 bridgehead atoms. The van der Waals surface area contributed by atoms with Crippen molar-refractivity contribution in [2.24, 2.45) is 7.05 Å². The Hall–Kier alpha value is -4.44. The Morgan fingerprint density at radius 2 is 1.48 bits per heavy atom. The molecule has 4 aromatic carbocycles. The molecule has 0 saturated heterocycles. The highest BCUT2D eigenvalue weighted by atomic mass is 16.5. The van der Waals surface area contributed by atoms with E-state index in [1.54, 1.807) is 4.57 Å². The average Bonchev–Trinajstić information content (AvgIpc) is 3.34. The molecule has 0 spiro atoms. The van der Waals surface area contributed by atoms with Gasteiger partial charge in [-0.1, -0.05) is 96.6 Å². The maximum Gasteiger partial charge on any atom is 0.257 e. The zero-order chi connectivity index (χ0) is 27.8. The summed E-state index contributed by atoms with van der Waals surface area (Å²) in [7, 11) is 1.83. The first-order valence-electron chi connectivity index (χ1n) is 13.9. The number of benzene rings is 4. The van der Waals surface area contributed by atoms with Gasteiger partial charge >= 0.3 is 0 Å².